The van der Waals surface area contributed by atoms with Crippen LogP contribution < -0.4 is 11.2 Å². The second-order valence-corrected chi connectivity index (χ2v) is 4.86. The maximum atomic E-state index is 12.1. The lowest BCUT2D eigenvalue weighted by atomic mass is 10.00. The first-order valence-electron chi connectivity index (χ1n) is 6.31. The van der Waals surface area contributed by atoms with E-state index < -0.39 is 0 Å². The first-order chi connectivity index (χ1) is 9.61. The highest BCUT2D eigenvalue weighted by Crippen LogP contribution is 2.30. The zero-order chi connectivity index (χ0) is 14.3. The predicted molar refractivity (Wildman–Crippen MR) is 75.8 cm³/mol. The Kier molecular flexibility index (Phi) is 2.78. The Labute approximate surface area is 115 Å². The van der Waals surface area contributed by atoms with Crippen LogP contribution in [0.25, 0.3) is 10.9 Å². The topological polar surface area (TPSA) is 89.5 Å². The van der Waals surface area contributed by atoms with Gasteiger partial charge in [0.05, 0.1) is 5.52 Å². The molecule has 3 N–H and O–H groups in total. The third-order valence-electron chi connectivity index (χ3n) is 3.50. The van der Waals surface area contributed by atoms with E-state index in [2.05, 4.69) is 10.4 Å². The lowest BCUT2D eigenvalue weighted by molar-refractivity contribution is 0.0947. The molecule has 0 atom stereocenters. The van der Waals surface area contributed by atoms with Gasteiger partial charge in [0, 0.05) is 23.9 Å². The molecule has 0 fully saturated rings. The van der Waals surface area contributed by atoms with Crippen molar-refractivity contribution in [1.29, 1.82) is 0 Å². The number of nitrogens with one attached hydrogen (secondary N) is 1. The summed E-state index contributed by atoms with van der Waals surface area (Å²) in [5.41, 5.74) is 3.05. The van der Waals surface area contributed by atoms with Gasteiger partial charge in [-0.15, -0.1) is 0 Å². The minimum Gasteiger partial charge on any atom is -0.335 e. The van der Waals surface area contributed by atoms with Crippen molar-refractivity contribution >= 4 is 28.9 Å². The van der Waals surface area contributed by atoms with E-state index in [1.54, 1.807) is 6.07 Å². The third-order valence-corrected chi connectivity index (χ3v) is 3.50. The maximum absolute atomic E-state index is 12.1. The molecule has 6 nitrogen and oxygen atoms in total. The van der Waals surface area contributed by atoms with Gasteiger partial charge in [0.15, 0.2) is 5.78 Å². The average Bonchev–Trinajstić information content (AvgIpc) is 2.79. The number of ketones is 1. The Morgan fingerprint density at radius 3 is 3.00 bits per heavy atom. The van der Waals surface area contributed by atoms with E-state index in [9.17, 15) is 9.59 Å². The van der Waals surface area contributed by atoms with E-state index in [0.717, 1.165) is 22.8 Å². The van der Waals surface area contributed by atoms with Crippen molar-refractivity contribution in [3.63, 3.8) is 0 Å². The molecule has 0 unspecified atom stereocenters. The number of aromatic nitrogens is 1. The monoisotopic (exact) mass is 270 g/mol. The number of carbonyl (C=O) groups excluding carboxylic acids is 2. The number of hydrogen-bond donors (Lipinski definition) is 2. The van der Waals surface area contributed by atoms with Gasteiger partial charge in [-0.25, -0.2) is 0 Å². The summed E-state index contributed by atoms with van der Waals surface area (Å²) in [5.74, 6) is 4.82. The van der Waals surface area contributed by atoms with Gasteiger partial charge in [-0.2, -0.15) is 5.10 Å². The fraction of sp³-hybridized carbons (Fsp3) is 0.214. The zero-order valence-electron chi connectivity index (χ0n) is 11.0. The molecule has 0 aliphatic carbocycles. The highest BCUT2D eigenvalue weighted by molar-refractivity contribution is 6.12. The molecular weight excluding hydrogens is 256 g/mol. The number of amides is 1. The molecule has 0 saturated heterocycles. The lowest BCUT2D eigenvalue weighted by Crippen LogP contribution is -2.26. The van der Waals surface area contributed by atoms with Crippen LogP contribution in [0.4, 0.5) is 0 Å². The summed E-state index contributed by atoms with van der Waals surface area (Å²) in [6.45, 7) is 2.46. The molecule has 1 aromatic heterocycles. The van der Waals surface area contributed by atoms with Crippen LogP contribution in [-0.4, -0.2) is 22.6 Å². The SMILES string of the molecule is Cc1cc2c3c(c1)cc(C(=O)NC=NN)n3CCC2=O. The molecule has 6 heteroatoms. The van der Waals surface area contributed by atoms with Crippen LogP contribution in [0.1, 0.15) is 32.8 Å². The number of hydrazone groups is 1. The van der Waals surface area contributed by atoms with Crippen LogP contribution in [0.3, 0.4) is 0 Å². The van der Waals surface area contributed by atoms with Gasteiger partial charge in [-0.05, 0) is 30.7 Å². The summed E-state index contributed by atoms with van der Waals surface area (Å²) in [4.78, 5) is 24.1. The number of benzene rings is 1. The summed E-state index contributed by atoms with van der Waals surface area (Å²) in [7, 11) is 0. The molecule has 0 saturated carbocycles. The van der Waals surface area contributed by atoms with E-state index in [4.69, 9.17) is 5.84 Å². The molecule has 0 spiro atoms. The lowest BCUT2D eigenvalue weighted by Gasteiger charge is -2.17. The standard InChI is InChI=1S/C14H14N4O2/c1-8-4-9-6-11(14(20)16-7-17-15)18-3-2-12(19)10(5-8)13(9)18/h4-7H,2-3,15H2,1H3,(H,16,17,20). The van der Waals surface area contributed by atoms with Crippen molar-refractivity contribution in [2.24, 2.45) is 10.9 Å². The smallest absolute Gasteiger partial charge is 0.273 e. The molecule has 102 valence electrons. The molecular formula is C14H14N4O2. The molecule has 1 aromatic carbocycles. The zero-order valence-corrected chi connectivity index (χ0v) is 11.0. The van der Waals surface area contributed by atoms with Crippen molar-refractivity contribution in [1.82, 2.24) is 9.88 Å². The highest BCUT2D eigenvalue weighted by atomic mass is 16.2. The first-order valence-corrected chi connectivity index (χ1v) is 6.31. The van der Waals surface area contributed by atoms with Crippen molar-refractivity contribution in [2.75, 3.05) is 0 Å². The highest BCUT2D eigenvalue weighted by Gasteiger charge is 2.24. The van der Waals surface area contributed by atoms with E-state index in [1.807, 2.05) is 23.6 Å². The van der Waals surface area contributed by atoms with Crippen LogP contribution in [0.15, 0.2) is 23.3 Å². The van der Waals surface area contributed by atoms with E-state index in [0.29, 0.717) is 24.2 Å². The molecule has 2 heterocycles. The summed E-state index contributed by atoms with van der Waals surface area (Å²) in [6, 6.07) is 5.65. The largest absolute Gasteiger partial charge is 0.335 e. The van der Waals surface area contributed by atoms with Crippen LogP contribution in [0.2, 0.25) is 0 Å². The first kappa shape index (κ1) is 12.4. The van der Waals surface area contributed by atoms with Crippen molar-refractivity contribution in [3.8, 4) is 0 Å². The molecule has 1 amide bonds. The molecule has 20 heavy (non-hydrogen) atoms. The Bertz CT molecular complexity index is 758. The quantitative estimate of drug-likeness (QED) is 0.371. The normalized spacial score (nSPS) is 14.2. The number of nitrogens with two attached hydrogens (primary N) is 1. The van der Waals surface area contributed by atoms with Crippen LogP contribution >= 0.6 is 0 Å². The molecule has 0 radical (unpaired) electrons. The minimum atomic E-state index is -0.284. The van der Waals surface area contributed by atoms with E-state index in [1.165, 1.54) is 0 Å². The van der Waals surface area contributed by atoms with E-state index in [-0.39, 0.29) is 11.7 Å². The Morgan fingerprint density at radius 1 is 1.45 bits per heavy atom. The Balaban J connectivity index is 2.22. The van der Waals surface area contributed by atoms with Gasteiger partial charge in [0.25, 0.3) is 5.91 Å². The maximum Gasteiger partial charge on any atom is 0.273 e. The molecule has 2 aromatic rings. The summed E-state index contributed by atoms with van der Waals surface area (Å²) >= 11 is 0. The van der Waals surface area contributed by atoms with Crippen LogP contribution in [-0.2, 0) is 6.54 Å². The van der Waals surface area contributed by atoms with Crippen LogP contribution in [0.5, 0.6) is 0 Å². The van der Waals surface area contributed by atoms with Crippen molar-refractivity contribution in [2.45, 2.75) is 19.9 Å². The van der Waals surface area contributed by atoms with Crippen molar-refractivity contribution in [3.05, 3.63) is 35.0 Å². The van der Waals surface area contributed by atoms with Gasteiger partial charge in [0.1, 0.15) is 12.0 Å². The van der Waals surface area contributed by atoms with E-state index >= 15 is 0 Å². The van der Waals surface area contributed by atoms with Gasteiger partial charge >= 0.3 is 0 Å². The number of nitrogens with zero attached hydrogens (tertiary/aromatic N) is 2. The number of Topliss-reactive ketones (excluding diaryl/α,β-unsaturated/α-hetero) is 1. The number of rotatable bonds is 2. The fourth-order valence-corrected chi connectivity index (χ4v) is 2.71. The van der Waals surface area contributed by atoms with Gasteiger partial charge in [-0.1, -0.05) is 0 Å². The minimum absolute atomic E-state index is 0.125. The fourth-order valence-electron chi connectivity index (χ4n) is 2.71. The molecule has 3 rings (SSSR count). The Hall–Kier alpha value is -2.63. The number of hydrogen-bond acceptors (Lipinski definition) is 4. The van der Waals surface area contributed by atoms with Crippen LogP contribution in [0, 0.1) is 6.92 Å². The van der Waals surface area contributed by atoms with Gasteiger partial charge < -0.3 is 15.7 Å². The number of carbonyl (C=O) groups is 2. The predicted octanol–water partition coefficient (Wildman–Crippen LogP) is 1.17. The van der Waals surface area contributed by atoms with Gasteiger partial charge in [0.2, 0.25) is 0 Å². The third kappa shape index (κ3) is 1.77. The van der Waals surface area contributed by atoms with Crippen molar-refractivity contribution < 1.29 is 9.59 Å². The second-order valence-electron chi connectivity index (χ2n) is 4.86. The second kappa shape index (κ2) is 4.48. The summed E-state index contributed by atoms with van der Waals surface area (Å²) in [6.07, 6.45) is 1.55. The number of aryl methyl sites for hydroxylation is 2. The molecule has 1 aliphatic rings. The summed E-state index contributed by atoms with van der Waals surface area (Å²) in [5, 5.41) is 6.65. The molecule has 0 bridgehead atoms. The molecule has 1 aliphatic heterocycles. The van der Waals surface area contributed by atoms with Gasteiger partial charge in [-0.3, -0.25) is 9.59 Å². The average molecular weight is 270 g/mol. The summed E-state index contributed by atoms with van der Waals surface area (Å²) < 4.78 is 1.88. The Morgan fingerprint density at radius 2 is 2.25 bits per heavy atom.